The molecule has 7 heteroatoms. The maximum absolute atomic E-state index is 6.71. The van der Waals surface area contributed by atoms with Crippen molar-refractivity contribution in [1.82, 2.24) is 24.1 Å². The number of rotatable bonds is 5. The lowest BCUT2D eigenvalue weighted by Crippen LogP contribution is -2.05. The third-order valence-corrected chi connectivity index (χ3v) is 12.8. The third-order valence-electron chi connectivity index (χ3n) is 12.8. The number of fused-ring (bicyclic) bond motifs is 14. The van der Waals surface area contributed by atoms with Crippen LogP contribution in [0.4, 0.5) is 0 Å². The normalized spacial score (nSPS) is 12.1. The monoisotopic (exact) mass is 819 g/mol. The van der Waals surface area contributed by atoms with Gasteiger partial charge in [-0.15, -0.1) is 0 Å². The van der Waals surface area contributed by atoms with E-state index in [0.29, 0.717) is 17.5 Å². The van der Waals surface area contributed by atoms with Crippen LogP contribution in [0.3, 0.4) is 0 Å². The van der Waals surface area contributed by atoms with Gasteiger partial charge in [-0.2, -0.15) is 0 Å². The van der Waals surface area contributed by atoms with Crippen LogP contribution < -0.4 is 0 Å². The van der Waals surface area contributed by atoms with Crippen LogP contribution in [-0.4, -0.2) is 24.1 Å². The average Bonchev–Trinajstić information content (AvgIpc) is 4.12. The van der Waals surface area contributed by atoms with E-state index in [9.17, 15) is 0 Å². The van der Waals surface area contributed by atoms with Crippen molar-refractivity contribution >= 4 is 87.5 Å². The Kier molecular flexibility index (Phi) is 7.27. The molecule has 0 aliphatic heterocycles. The second-order valence-corrected chi connectivity index (χ2v) is 16.3. The van der Waals surface area contributed by atoms with Crippen LogP contribution in [0.25, 0.3) is 133 Å². The zero-order valence-electron chi connectivity index (χ0n) is 34.1. The molecule has 0 aliphatic carbocycles. The van der Waals surface area contributed by atoms with Crippen molar-refractivity contribution in [3.05, 3.63) is 200 Å². The molecule has 298 valence electrons. The van der Waals surface area contributed by atoms with E-state index in [1.165, 1.54) is 0 Å². The molecule has 14 aromatic rings. The zero-order valence-corrected chi connectivity index (χ0v) is 34.1. The maximum Gasteiger partial charge on any atom is 0.166 e. The lowest BCUT2D eigenvalue weighted by atomic mass is 10.1. The Morgan fingerprint density at radius 2 is 0.781 bits per heavy atom. The molecule has 5 heterocycles. The summed E-state index contributed by atoms with van der Waals surface area (Å²) in [7, 11) is 0. The molecule has 0 aliphatic rings. The van der Waals surface area contributed by atoms with Gasteiger partial charge < -0.3 is 18.0 Å². The van der Waals surface area contributed by atoms with E-state index in [2.05, 4.69) is 124 Å². The lowest BCUT2D eigenvalue weighted by Gasteiger charge is -2.17. The van der Waals surface area contributed by atoms with Crippen molar-refractivity contribution in [2.75, 3.05) is 0 Å². The quantitative estimate of drug-likeness (QED) is 0.173. The summed E-state index contributed by atoms with van der Waals surface area (Å²) in [5, 5.41) is 8.73. The molecule has 5 aromatic heterocycles. The number of hydrogen-bond donors (Lipinski definition) is 0. The summed E-state index contributed by atoms with van der Waals surface area (Å²) in [6, 6.07) is 69.5. The molecule has 0 bridgehead atoms. The highest BCUT2D eigenvalue weighted by molar-refractivity contribution is 6.25. The van der Waals surface area contributed by atoms with Gasteiger partial charge in [-0.1, -0.05) is 133 Å². The Morgan fingerprint density at radius 1 is 0.328 bits per heavy atom. The van der Waals surface area contributed by atoms with Gasteiger partial charge in [-0.25, -0.2) is 15.0 Å². The molecule has 0 radical (unpaired) electrons. The molecule has 0 N–H and O–H groups in total. The first kappa shape index (κ1) is 34.9. The molecule has 0 unspecified atom stereocenters. The highest BCUT2D eigenvalue weighted by atomic mass is 16.3. The summed E-state index contributed by atoms with van der Waals surface area (Å²) in [5.41, 5.74) is 12.2. The standard InChI is InChI=1S/C57H33N5O2/c1-3-15-34(16-4-1)55-58-56(35-17-5-2-6-18-35)60-57(59-55)43-33-36(61-44-23-11-7-21-41(44)51-47(61)31-28-39-37-19-9-13-25-49(37)63-53(39)51)27-30-46(43)62-45-24-12-8-22-42(45)52-48(62)32-29-40-38-20-10-14-26-50(38)64-54(40)52/h1-33H. The fourth-order valence-electron chi connectivity index (χ4n) is 9.97. The van der Waals surface area contributed by atoms with Gasteiger partial charge in [-0.05, 0) is 66.7 Å². The van der Waals surface area contributed by atoms with Gasteiger partial charge in [0.25, 0.3) is 0 Å². The number of para-hydroxylation sites is 4. The fraction of sp³-hybridized carbons (Fsp3) is 0. The topological polar surface area (TPSA) is 74.8 Å². The van der Waals surface area contributed by atoms with Gasteiger partial charge in [0.05, 0.1) is 38.5 Å². The Morgan fingerprint density at radius 3 is 1.34 bits per heavy atom. The van der Waals surface area contributed by atoms with Gasteiger partial charge >= 0.3 is 0 Å². The van der Waals surface area contributed by atoms with Crippen LogP contribution in [0.15, 0.2) is 209 Å². The van der Waals surface area contributed by atoms with E-state index in [1.54, 1.807) is 0 Å². The molecule has 14 rings (SSSR count). The fourth-order valence-corrected chi connectivity index (χ4v) is 9.97. The second kappa shape index (κ2) is 13.3. The van der Waals surface area contributed by atoms with E-state index < -0.39 is 0 Å². The van der Waals surface area contributed by atoms with Crippen LogP contribution in [0, 0.1) is 0 Å². The molecular formula is C57H33N5O2. The molecule has 0 fully saturated rings. The summed E-state index contributed by atoms with van der Waals surface area (Å²) >= 11 is 0. The third kappa shape index (κ3) is 5.00. The van der Waals surface area contributed by atoms with E-state index in [0.717, 1.165) is 116 Å². The van der Waals surface area contributed by atoms with E-state index >= 15 is 0 Å². The summed E-state index contributed by atoms with van der Waals surface area (Å²) in [6.45, 7) is 0. The smallest absolute Gasteiger partial charge is 0.166 e. The predicted molar refractivity (Wildman–Crippen MR) is 259 cm³/mol. The number of aromatic nitrogens is 5. The molecule has 9 aromatic carbocycles. The van der Waals surface area contributed by atoms with Crippen LogP contribution in [0.2, 0.25) is 0 Å². The molecule has 0 saturated heterocycles. The van der Waals surface area contributed by atoms with Crippen molar-refractivity contribution in [3.63, 3.8) is 0 Å². The van der Waals surface area contributed by atoms with Gasteiger partial charge in [-0.3, -0.25) is 0 Å². The summed E-state index contributed by atoms with van der Waals surface area (Å²) in [4.78, 5) is 15.8. The van der Waals surface area contributed by atoms with Crippen molar-refractivity contribution < 1.29 is 8.83 Å². The van der Waals surface area contributed by atoms with Gasteiger partial charge in [0.1, 0.15) is 22.3 Å². The maximum atomic E-state index is 6.71. The first-order valence-corrected chi connectivity index (χ1v) is 21.4. The molecule has 64 heavy (non-hydrogen) atoms. The number of furan rings is 2. The van der Waals surface area contributed by atoms with E-state index in [4.69, 9.17) is 23.8 Å². The number of hydrogen-bond acceptors (Lipinski definition) is 5. The van der Waals surface area contributed by atoms with Gasteiger partial charge in [0, 0.05) is 54.7 Å². The summed E-state index contributed by atoms with van der Waals surface area (Å²) in [6.07, 6.45) is 0. The SMILES string of the molecule is c1ccc(-c2nc(-c3ccccc3)nc(-c3cc(-n4c5ccccc5c5c6oc7ccccc7c6ccc54)ccc3-n3c4ccccc4c4c5oc6ccccc6c5ccc43)n2)cc1. The van der Waals surface area contributed by atoms with Crippen LogP contribution in [-0.2, 0) is 0 Å². The predicted octanol–water partition coefficient (Wildman–Crippen LogP) is 14.9. The molecule has 0 amide bonds. The molecule has 0 saturated carbocycles. The first-order chi connectivity index (χ1) is 31.7. The lowest BCUT2D eigenvalue weighted by molar-refractivity contribution is 0.672. The van der Waals surface area contributed by atoms with Crippen LogP contribution in [0.5, 0.6) is 0 Å². The largest absolute Gasteiger partial charge is 0.455 e. The number of nitrogens with zero attached hydrogens (tertiary/aromatic N) is 5. The molecular weight excluding hydrogens is 787 g/mol. The Hall–Kier alpha value is -8.81. The van der Waals surface area contributed by atoms with Gasteiger partial charge in [0.2, 0.25) is 0 Å². The molecule has 0 atom stereocenters. The minimum absolute atomic E-state index is 0.556. The Labute approximate surface area is 364 Å². The number of benzene rings is 9. The highest BCUT2D eigenvalue weighted by Crippen LogP contribution is 2.44. The van der Waals surface area contributed by atoms with E-state index in [1.807, 2.05) is 84.9 Å². The summed E-state index contributed by atoms with van der Waals surface area (Å²) < 4.78 is 18.1. The first-order valence-electron chi connectivity index (χ1n) is 21.4. The van der Waals surface area contributed by atoms with Gasteiger partial charge in [0.15, 0.2) is 17.5 Å². The summed E-state index contributed by atoms with van der Waals surface area (Å²) in [5.74, 6) is 1.74. The Bertz CT molecular complexity index is 4140. The van der Waals surface area contributed by atoms with Crippen LogP contribution in [0.1, 0.15) is 0 Å². The van der Waals surface area contributed by atoms with Crippen molar-refractivity contribution in [2.45, 2.75) is 0 Å². The van der Waals surface area contributed by atoms with Crippen molar-refractivity contribution in [1.29, 1.82) is 0 Å². The van der Waals surface area contributed by atoms with Crippen molar-refractivity contribution in [2.24, 2.45) is 0 Å². The molecule has 7 nitrogen and oxygen atoms in total. The zero-order chi connectivity index (χ0) is 41.9. The highest BCUT2D eigenvalue weighted by Gasteiger charge is 2.25. The second-order valence-electron chi connectivity index (χ2n) is 16.3. The van der Waals surface area contributed by atoms with Crippen LogP contribution >= 0.6 is 0 Å². The van der Waals surface area contributed by atoms with E-state index in [-0.39, 0.29) is 0 Å². The Balaban J connectivity index is 1.10. The van der Waals surface area contributed by atoms with Crippen molar-refractivity contribution in [3.8, 4) is 45.5 Å². The minimum atomic E-state index is 0.556. The molecule has 0 spiro atoms. The average molecular weight is 820 g/mol. The minimum Gasteiger partial charge on any atom is -0.455 e.